The average molecular weight is 283 g/mol. The molecule has 0 aromatic rings. The van der Waals surface area contributed by atoms with Gasteiger partial charge in [-0.3, -0.25) is 4.90 Å². The zero-order valence-corrected chi connectivity index (χ0v) is 12.6. The molecule has 108 valence electrons. The molecule has 0 spiro atoms. The van der Waals surface area contributed by atoms with E-state index in [-0.39, 0.29) is 12.4 Å². The van der Waals surface area contributed by atoms with Crippen LogP contribution in [0.1, 0.15) is 32.1 Å². The molecular formula is C16H27ClN2. The van der Waals surface area contributed by atoms with Crippen LogP contribution < -0.4 is 5.32 Å². The number of piperidine rings is 1. The van der Waals surface area contributed by atoms with Gasteiger partial charge < -0.3 is 5.32 Å². The summed E-state index contributed by atoms with van der Waals surface area (Å²) in [5, 5.41) is 3.52. The summed E-state index contributed by atoms with van der Waals surface area (Å²) >= 11 is 0. The van der Waals surface area contributed by atoms with Crippen molar-refractivity contribution in [3.05, 3.63) is 0 Å². The van der Waals surface area contributed by atoms with Gasteiger partial charge in [0.2, 0.25) is 0 Å². The minimum Gasteiger partial charge on any atom is -0.317 e. The Bertz CT molecular complexity index is 331. The number of hydrogen-bond acceptors (Lipinski definition) is 2. The third-order valence-corrected chi connectivity index (χ3v) is 7.19. The molecular weight excluding hydrogens is 256 g/mol. The standard InChI is InChI=1S/C16H26N2.ClH/c1-2-12-14-7-13(14)11(1)15-8-18(9-16(12)15)10-3-5-17-6-4-10;/h10-17H,1-9H2;1H. The van der Waals surface area contributed by atoms with E-state index in [4.69, 9.17) is 0 Å². The molecule has 2 saturated heterocycles. The quantitative estimate of drug-likeness (QED) is 0.794. The second kappa shape index (κ2) is 4.61. The molecule has 6 rings (SSSR count). The third kappa shape index (κ3) is 1.82. The number of likely N-dealkylation sites (tertiary alicyclic amines) is 1. The number of nitrogens with one attached hydrogen (secondary N) is 1. The van der Waals surface area contributed by atoms with Gasteiger partial charge in [-0.2, -0.15) is 0 Å². The average Bonchev–Trinajstić information content (AvgIpc) is 3.12. The van der Waals surface area contributed by atoms with Gasteiger partial charge in [0.05, 0.1) is 0 Å². The summed E-state index contributed by atoms with van der Waals surface area (Å²) in [7, 11) is 0. The highest BCUT2D eigenvalue weighted by molar-refractivity contribution is 5.85. The van der Waals surface area contributed by atoms with Crippen molar-refractivity contribution in [2.75, 3.05) is 26.2 Å². The molecule has 0 amide bonds. The SMILES string of the molecule is C1CC(N2CC3C4CCC(C5CC45)C3C2)CCN1.Cl. The largest absolute Gasteiger partial charge is 0.317 e. The molecule has 6 unspecified atom stereocenters. The third-order valence-electron chi connectivity index (χ3n) is 7.19. The fourth-order valence-electron chi connectivity index (χ4n) is 6.36. The molecule has 0 aromatic carbocycles. The first-order chi connectivity index (χ1) is 8.92. The maximum absolute atomic E-state index is 3.52. The minimum atomic E-state index is 0. The van der Waals surface area contributed by atoms with E-state index in [1.165, 1.54) is 50.9 Å². The van der Waals surface area contributed by atoms with Crippen molar-refractivity contribution in [2.45, 2.75) is 38.1 Å². The first-order valence-electron chi connectivity index (χ1n) is 8.36. The molecule has 2 aliphatic heterocycles. The van der Waals surface area contributed by atoms with Crippen molar-refractivity contribution in [3.8, 4) is 0 Å². The van der Waals surface area contributed by atoms with Crippen LogP contribution in [-0.2, 0) is 0 Å². The van der Waals surface area contributed by atoms with Crippen molar-refractivity contribution < 1.29 is 0 Å². The Morgan fingerprint density at radius 2 is 1.26 bits per heavy atom. The van der Waals surface area contributed by atoms with Crippen LogP contribution in [-0.4, -0.2) is 37.1 Å². The van der Waals surface area contributed by atoms with Crippen LogP contribution in [0, 0.1) is 35.5 Å². The van der Waals surface area contributed by atoms with E-state index in [0.29, 0.717) is 0 Å². The van der Waals surface area contributed by atoms with Gasteiger partial charge in [-0.1, -0.05) is 0 Å². The summed E-state index contributed by atoms with van der Waals surface area (Å²) in [4.78, 5) is 2.91. The molecule has 2 bridgehead atoms. The van der Waals surface area contributed by atoms with Crippen LogP contribution in [0.4, 0.5) is 0 Å². The Morgan fingerprint density at radius 1 is 0.684 bits per heavy atom. The van der Waals surface area contributed by atoms with Gasteiger partial charge in [-0.15, -0.1) is 12.4 Å². The molecule has 6 atom stereocenters. The van der Waals surface area contributed by atoms with Crippen molar-refractivity contribution in [2.24, 2.45) is 35.5 Å². The van der Waals surface area contributed by atoms with E-state index in [1.54, 1.807) is 19.3 Å². The molecule has 1 N–H and O–H groups in total. The molecule has 0 aromatic heterocycles. The highest BCUT2D eigenvalue weighted by Gasteiger charge is 2.63. The van der Waals surface area contributed by atoms with Crippen molar-refractivity contribution >= 4 is 12.4 Å². The van der Waals surface area contributed by atoms with Crippen LogP contribution in [0.2, 0.25) is 0 Å². The molecule has 4 saturated carbocycles. The predicted molar refractivity (Wildman–Crippen MR) is 79.5 cm³/mol. The molecule has 19 heavy (non-hydrogen) atoms. The lowest BCUT2D eigenvalue weighted by atomic mass is 9.60. The lowest BCUT2D eigenvalue weighted by Gasteiger charge is -2.44. The maximum atomic E-state index is 3.52. The zero-order chi connectivity index (χ0) is 11.7. The van der Waals surface area contributed by atoms with Crippen molar-refractivity contribution in [1.29, 1.82) is 0 Å². The highest BCUT2D eigenvalue weighted by atomic mass is 35.5. The van der Waals surface area contributed by atoms with E-state index in [2.05, 4.69) is 10.2 Å². The zero-order valence-electron chi connectivity index (χ0n) is 11.8. The van der Waals surface area contributed by atoms with Crippen LogP contribution in [0.3, 0.4) is 0 Å². The number of fused-ring (bicyclic) bond motifs is 1. The first-order valence-corrected chi connectivity index (χ1v) is 8.36. The topological polar surface area (TPSA) is 15.3 Å². The predicted octanol–water partition coefficient (Wildman–Crippen LogP) is 2.38. The second-order valence-electron chi connectivity index (χ2n) is 7.73. The smallest absolute Gasteiger partial charge is 0.0120 e. The van der Waals surface area contributed by atoms with Crippen LogP contribution >= 0.6 is 12.4 Å². The Labute approximate surface area is 123 Å². The number of hydrogen-bond donors (Lipinski definition) is 1. The van der Waals surface area contributed by atoms with E-state index in [9.17, 15) is 0 Å². The summed E-state index contributed by atoms with van der Waals surface area (Å²) in [5.74, 6) is 6.91. The first kappa shape index (κ1) is 12.9. The van der Waals surface area contributed by atoms with Gasteiger partial charge >= 0.3 is 0 Å². The van der Waals surface area contributed by atoms with Crippen molar-refractivity contribution in [3.63, 3.8) is 0 Å². The van der Waals surface area contributed by atoms with Crippen LogP contribution in [0.5, 0.6) is 0 Å². The summed E-state index contributed by atoms with van der Waals surface area (Å²) in [6.45, 7) is 5.46. The van der Waals surface area contributed by atoms with Crippen molar-refractivity contribution in [1.82, 2.24) is 10.2 Å². The fourth-order valence-corrected chi connectivity index (χ4v) is 6.36. The second-order valence-corrected chi connectivity index (χ2v) is 7.73. The van der Waals surface area contributed by atoms with Gasteiger partial charge in [0, 0.05) is 19.1 Å². The lowest BCUT2D eigenvalue weighted by molar-refractivity contribution is 0.0464. The Morgan fingerprint density at radius 3 is 1.84 bits per heavy atom. The number of rotatable bonds is 1. The van der Waals surface area contributed by atoms with Gasteiger partial charge in [-0.25, -0.2) is 0 Å². The van der Waals surface area contributed by atoms with E-state index in [0.717, 1.165) is 29.7 Å². The molecule has 2 nitrogen and oxygen atoms in total. The molecule has 4 aliphatic carbocycles. The minimum absolute atomic E-state index is 0. The normalized spacial score (nSPS) is 52.4. The van der Waals surface area contributed by atoms with Crippen LogP contribution in [0.15, 0.2) is 0 Å². The summed E-state index contributed by atoms with van der Waals surface area (Å²) in [6.07, 6.45) is 7.61. The molecule has 3 heteroatoms. The Hall–Kier alpha value is 0.210. The molecule has 2 heterocycles. The maximum Gasteiger partial charge on any atom is 0.0120 e. The highest BCUT2D eigenvalue weighted by Crippen LogP contribution is 2.67. The number of nitrogens with zero attached hydrogens (tertiary/aromatic N) is 1. The molecule has 6 fully saturated rings. The van der Waals surface area contributed by atoms with Crippen LogP contribution in [0.25, 0.3) is 0 Å². The summed E-state index contributed by atoms with van der Waals surface area (Å²) in [5.41, 5.74) is 0. The monoisotopic (exact) mass is 282 g/mol. The Kier molecular flexibility index (Phi) is 3.13. The van der Waals surface area contributed by atoms with Gasteiger partial charge in [0.1, 0.15) is 0 Å². The summed E-state index contributed by atoms with van der Waals surface area (Å²) in [6, 6.07) is 0.924. The summed E-state index contributed by atoms with van der Waals surface area (Å²) < 4.78 is 0. The molecule has 0 radical (unpaired) electrons. The number of halogens is 1. The van der Waals surface area contributed by atoms with E-state index >= 15 is 0 Å². The molecule has 6 aliphatic rings. The van der Waals surface area contributed by atoms with E-state index < -0.39 is 0 Å². The fraction of sp³-hybridized carbons (Fsp3) is 1.00. The van der Waals surface area contributed by atoms with Gasteiger partial charge in [0.15, 0.2) is 0 Å². The Balaban J connectivity index is 0.000000968. The lowest BCUT2D eigenvalue weighted by Crippen LogP contribution is -2.42. The van der Waals surface area contributed by atoms with Gasteiger partial charge in [0.25, 0.3) is 0 Å². The van der Waals surface area contributed by atoms with Gasteiger partial charge in [-0.05, 0) is 80.7 Å². The van der Waals surface area contributed by atoms with E-state index in [1.807, 2.05) is 0 Å².